The lowest BCUT2D eigenvalue weighted by atomic mass is 9.71. The van der Waals surface area contributed by atoms with Gasteiger partial charge in [-0.25, -0.2) is 9.53 Å². The number of aromatic hydroxyl groups is 1. The number of benzene rings is 2. The van der Waals surface area contributed by atoms with Crippen molar-refractivity contribution in [2.24, 2.45) is 0 Å². The highest BCUT2D eigenvalue weighted by atomic mass is 16.5. The third-order valence-corrected chi connectivity index (χ3v) is 6.90. The van der Waals surface area contributed by atoms with Gasteiger partial charge in [0.25, 0.3) is 0 Å². The molecule has 0 bridgehead atoms. The molecule has 10 nitrogen and oxygen atoms in total. The Morgan fingerprint density at radius 2 is 2.06 bits per heavy atom. The van der Waals surface area contributed by atoms with Gasteiger partial charge in [-0.05, 0) is 24.1 Å². The second-order valence-electron chi connectivity index (χ2n) is 8.70. The van der Waals surface area contributed by atoms with Gasteiger partial charge in [-0.3, -0.25) is 9.59 Å². The zero-order valence-electron chi connectivity index (χ0n) is 18.0. The van der Waals surface area contributed by atoms with Gasteiger partial charge in [0.2, 0.25) is 5.78 Å². The molecule has 34 heavy (non-hydrogen) atoms. The molecule has 2 aromatic carbocycles. The van der Waals surface area contributed by atoms with Crippen LogP contribution in [0.2, 0.25) is 0 Å². The summed E-state index contributed by atoms with van der Waals surface area (Å²) in [5, 5.41) is 32.8. The number of fused-ring (bicyclic) bond motifs is 5. The zero-order valence-corrected chi connectivity index (χ0v) is 18.0. The predicted octanol–water partition coefficient (Wildman–Crippen LogP) is 2.17. The largest absolute Gasteiger partial charge is 0.512 e. The van der Waals surface area contributed by atoms with E-state index in [1.807, 2.05) is 0 Å². The van der Waals surface area contributed by atoms with Crippen LogP contribution in [0.25, 0.3) is 22.0 Å². The maximum Gasteiger partial charge on any atom is 0.365 e. The third kappa shape index (κ3) is 2.45. The van der Waals surface area contributed by atoms with Crippen LogP contribution in [0.4, 0.5) is 0 Å². The van der Waals surface area contributed by atoms with Gasteiger partial charge >= 0.3 is 11.6 Å². The van der Waals surface area contributed by atoms with E-state index >= 15 is 0 Å². The molecule has 0 amide bonds. The van der Waals surface area contributed by atoms with Crippen LogP contribution >= 0.6 is 0 Å². The van der Waals surface area contributed by atoms with Gasteiger partial charge in [0, 0.05) is 17.5 Å². The summed E-state index contributed by atoms with van der Waals surface area (Å²) in [5.74, 6) is -2.23. The van der Waals surface area contributed by atoms with Crippen molar-refractivity contribution in [2.75, 3.05) is 7.11 Å². The molecule has 3 aliphatic rings. The quantitative estimate of drug-likeness (QED) is 0.379. The number of esters is 1. The van der Waals surface area contributed by atoms with Crippen LogP contribution in [0.3, 0.4) is 0 Å². The van der Waals surface area contributed by atoms with Crippen LogP contribution in [-0.2, 0) is 16.1 Å². The summed E-state index contributed by atoms with van der Waals surface area (Å²) >= 11 is 0. The lowest BCUT2D eigenvalue weighted by Gasteiger charge is -2.45. The summed E-state index contributed by atoms with van der Waals surface area (Å²) in [6, 6.07) is 6.40. The second-order valence-corrected chi connectivity index (χ2v) is 8.70. The molecule has 3 heterocycles. The summed E-state index contributed by atoms with van der Waals surface area (Å²) in [7, 11) is 1.17. The first-order chi connectivity index (χ1) is 16.3. The summed E-state index contributed by atoms with van der Waals surface area (Å²) in [6.07, 6.45) is -1.78. The fourth-order valence-electron chi connectivity index (χ4n) is 5.40. The Bertz CT molecular complexity index is 1530. The molecule has 0 spiro atoms. The predicted molar refractivity (Wildman–Crippen MR) is 116 cm³/mol. The molecule has 1 aromatic heterocycles. The van der Waals surface area contributed by atoms with Crippen molar-refractivity contribution in [3.05, 3.63) is 57.1 Å². The minimum Gasteiger partial charge on any atom is -0.512 e. The number of carbonyl (C=O) groups excluding carboxylic acids is 2. The lowest BCUT2D eigenvalue weighted by Crippen LogP contribution is -2.57. The second kappa shape index (κ2) is 6.73. The summed E-state index contributed by atoms with van der Waals surface area (Å²) in [4.78, 5) is 38.4. The van der Waals surface area contributed by atoms with E-state index in [0.717, 1.165) is 0 Å². The molecule has 0 fully saturated rings. The van der Waals surface area contributed by atoms with Gasteiger partial charge in [0.1, 0.15) is 22.8 Å². The van der Waals surface area contributed by atoms with E-state index in [-0.39, 0.29) is 42.0 Å². The molecule has 1 aliphatic carbocycles. The summed E-state index contributed by atoms with van der Waals surface area (Å²) in [5.41, 5.74) is -0.906. The van der Waals surface area contributed by atoms with Crippen LogP contribution in [-0.4, -0.2) is 50.6 Å². The maximum absolute atomic E-state index is 13.7. The maximum atomic E-state index is 13.7. The van der Waals surface area contributed by atoms with Crippen molar-refractivity contribution in [2.45, 2.75) is 37.5 Å². The number of hydrogen-bond acceptors (Lipinski definition) is 9. The molecule has 0 unspecified atom stereocenters. The zero-order chi connectivity index (χ0) is 23.9. The standard InChI is InChI=1S/C24H19NO9/c1-32-16(29)8-24-15(28)6-5-13(26)19(24)21(30)18-14(27)7-10-9-25-20-11(17(10)22(18)33-24)3-2-4-12(20)23(31)34-25/h2-4,7,15,26-28H,5-6,8-9H2,1H3/t15-,24+/m0/s1. The normalized spacial score (nSPS) is 22.6. The van der Waals surface area contributed by atoms with Crippen molar-refractivity contribution in [3.63, 3.8) is 0 Å². The van der Waals surface area contributed by atoms with E-state index in [9.17, 15) is 29.7 Å². The Balaban J connectivity index is 1.69. The number of phenolic OH excluding ortho intramolecular Hbond substituents is 1. The smallest absolute Gasteiger partial charge is 0.365 e. The summed E-state index contributed by atoms with van der Waals surface area (Å²) in [6.45, 7) is 0.0873. The molecule has 0 saturated carbocycles. The Hall–Kier alpha value is -4.05. The fraction of sp³-hybridized carbons (Fsp3) is 0.292. The van der Waals surface area contributed by atoms with E-state index in [2.05, 4.69) is 0 Å². The van der Waals surface area contributed by atoms with E-state index < -0.39 is 41.3 Å². The highest BCUT2D eigenvalue weighted by Crippen LogP contribution is 2.54. The number of aromatic nitrogens is 1. The number of ether oxygens (including phenoxy) is 2. The number of carbonyl (C=O) groups is 2. The average molecular weight is 465 g/mol. The molecule has 3 aromatic rings. The average Bonchev–Trinajstić information content (AvgIpc) is 3.12. The molecule has 0 radical (unpaired) electrons. The number of ketones is 1. The third-order valence-electron chi connectivity index (χ3n) is 6.90. The molecule has 2 atom stereocenters. The molecule has 0 saturated heterocycles. The summed E-state index contributed by atoms with van der Waals surface area (Å²) < 4.78 is 17.9. The number of aliphatic hydroxyl groups excluding tert-OH is 2. The van der Waals surface area contributed by atoms with Crippen LogP contribution < -0.4 is 10.4 Å². The Labute approximate surface area is 191 Å². The molecule has 6 rings (SSSR count). The minimum absolute atomic E-state index is 0.0101. The highest BCUT2D eigenvalue weighted by Gasteiger charge is 2.57. The number of methoxy groups -OCH3 is 1. The molecule has 3 N–H and O–H groups in total. The molecular weight excluding hydrogens is 446 g/mol. The molecular formula is C24H19NO9. The molecule has 10 heteroatoms. The van der Waals surface area contributed by atoms with Gasteiger partial charge in [-0.2, -0.15) is 0 Å². The van der Waals surface area contributed by atoms with Crippen molar-refractivity contribution >= 4 is 22.7 Å². The van der Waals surface area contributed by atoms with Crippen molar-refractivity contribution in [3.8, 4) is 22.6 Å². The number of allylic oxidation sites excluding steroid dienone is 1. The van der Waals surface area contributed by atoms with E-state index in [1.54, 1.807) is 18.2 Å². The van der Waals surface area contributed by atoms with Crippen LogP contribution in [0.1, 0.15) is 35.2 Å². The van der Waals surface area contributed by atoms with E-state index in [0.29, 0.717) is 27.6 Å². The Morgan fingerprint density at radius 3 is 2.82 bits per heavy atom. The van der Waals surface area contributed by atoms with Crippen molar-refractivity contribution in [1.82, 2.24) is 4.74 Å². The van der Waals surface area contributed by atoms with Crippen molar-refractivity contribution < 1.29 is 38.9 Å². The van der Waals surface area contributed by atoms with Gasteiger partial charge < -0.3 is 29.3 Å². The van der Waals surface area contributed by atoms with Gasteiger partial charge in [0.05, 0.1) is 42.7 Å². The first kappa shape index (κ1) is 20.5. The van der Waals surface area contributed by atoms with Crippen molar-refractivity contribution in [1.29, 1.82) is 0 Å². The Kier molecular flexibility index (Phi) is 4.07. The lowest BCUT2D eigenvalue weighted by molar-refractivity contribution is -0.148. The molecule has 2 aliphatic heterocycles. The van der Waals surface area contributed by atoms with Gasteiger partial charge in [0.15, 0.2) is 5.60 Å². The Morgan fingerprint density at radius 1 is 1.26 bits per heavy atom. The van der Waals surface area contributed by atoms with Crippen LogP contribution in [0.5, 0.6) is 11.5 Å². The van der Waals surface area contributed by atoms with Gasteiger partial charge in [-0.1, -0.05) is 12.1 Å². The number of phenols is 1. The first-order valence-corrected chi connectivity index (χ1v) is 10.7. The number of nitrogens with zero attached hydrogens (tertiary/aromatic N) is 1. The SMILES string of the molecule is COC(=O)C[C@]12Oc3c(c(O)cc4c3-c3cccc5c(=O)on(c35)C4)C(=O)C1=C(O)CC[C@@H]2O. The van der Waals surface area contributed by atoms with E-state index in [1.165, 1.54) is 17.9 Å². The number of para-hydroxylation sites is 1. The topological polar surface area (TPSA) is 148 Å². The number of hydrogen-bond donors (Lipinski definition) is 3. The molecule has 174 valence electrons. The minimum atomic E-state index is -1.90. The van der Waals surface area contributed by atoms with Gasteiger partial charge in [-0.15, -0.1) is 0 Å². The number of Topliss-reactive ketones (excluding diaryl/α,β-unsaturated/α-hetero) is 1. The number of rotatable bonds is 2. The highest BCUT2D eigenvalue weighted by molar-refractivity contribution is 6.17. The van der Waals surface area contributed by atoms with Crippen LogP contribution in [0.15, 0.2) is 44.9 Å². The number of aliphatic hydroxyl groups is 2. The monoisotopic (exact) mass is 465 g/mol. The fourth-order valence-corrected chi connectivity index (χ4v) is 5.40. The van der Waals surface area contributed by atoms with Crippen LogP contribution in [0, 0.1) is 0 Å². The van der Waals surface area contributed by atoms with E-state index in [4.69, 9.17) is 14.0 Å². The first-order valence-electron chi connectivity index (χ1n) is 10.7.